The van der Waals surface area contributed by atoms with Gasteiger partial charge in [-0.05, 0) is 11.6 Å². The van der Waals surface area contributed by atoms with Crippen LogP contribution in [0.5, 0.6) is 0 Å². The molecule has 0 aromatic heterocycles. The zero-order valence-corrected chi connectivity index (χ0v) is 8.71. The van der Waals surface area contributed by atoms with Gasteiger partial charge in [0.2, 0.25) is 0 Å². The lowest BCUT2D eigenvalue weighted by Gasteiger charge is -2.09. The Balaban J connectivity index is 3.46. The van der Waals surface area contributed by atoms with Gasteiger partial charge in [0.1, 0.15) is 0 Å². The van der Waals surface area contributed by atoms with Gasteiger partial charge >= 0.3 is 0 Å². The smallest absolute Gasteiger partial charge is 0.180 e. The number of anilines is 1. The van der Waals surface area contributed by atoms with Crippen LogP contribution in [-0.4, -0.2) is 19.3 Å². The summed E-state index contributed by atoms with van der Waals surface area (Å²) in [6.07, 6.45) is 0. The van der Waals surface area contributed by atoms with Crippen molar-refractivity contribution < 1.29 is 13.5 Å². The second-order valence-corrected chi connectivity index (χ2v) is 5.11. The van der Waals surface area contributed by atoms with Crippen molar-refractivity contribution >= 4 is 15.5 Å². The third kappa shape index (κ3) is 1.88. The lowest BCUT2D eigenvalue weighted by atomic mass is 10.2. The van der Waals surface area contributed by atoms with E-state index in [4.69, 9.17) is 10.8 Å². The first-order valence-corrected chi connectivity index (χ1v) is 5.89. The first-order chi connectivity index (χ1) is 6.53. The van der Waals surface area contributed by atoms with Crippen LogP contribution in [0.1, 0.15) is 12.5 Å². The predicted octanol–water partition coefficient (Wildman–Crippen LogP) is 0.555. The molecule has 3 N–H and O–H groups in total. The Bertz CT molecular complexity index is 426. The van der Waals surface area contributed by atoms with Gasteiger partial charge in [0.05, 0.1) is 22.9 Å². The number of nitrogen functional groups attached to an aromatic ring is 1. The maximum Gasteiger partial charge on any atom is 0.180 e. The molecule has 0 aliphatic carbocycles. The lowest BCUT2D eigenvalue weighted by molar-refractivity contribution is 0.278. The first-order valence-electron chi connectivity index (χ1n) is 4.24. The highest BCUT2D eigenvalue weighted by Crippen LogP contribution is 2.23. The maximum absolute atomic E-state index is 11.6. The highest BCUT2D eigenvalue weighted by Gasteiger charge is 2.18. The molecular formula is C9H13NO3S. The number of hydrogen-bond donors (Lipinski definition) is 2. The molecule has 0 aliphatic rings. The Kier molecular flexibility index (Phi) is 3.13. The normalized spacial score (nSPS) is 11.6. The summed E-state index contributed by atoms with van der Waals surface area (Å²) in [7, 11) is -3.36. The molecule has 0 aliphatic heterocycles. The molecule has 0 fully saturated rings. The van der Waals surface area contributed by atoms with E-state index in [1.54, 1.807) is 19.1 Å². The fourth-order valence-electron chi connectivity index (χ4n) is 1.25. The number of rotatable bonds is 3. The van der Waals surface area contributed by atoms with Gasteiger partial charge in [0.25, 0.3) is 0 Å². The average molecular weight is 215 g/mol. The van der Waals surface area contributed by atoms with Crippen molar-refractivity contribution in [2.45, 2.75) is 18.4 Å². The molecule has 0 amide bonds. The van der Waals surface area contributed by atoms with E-state index >= 15 is 0 Å². The van der Waals surface area contributed by atoms with Crippen LogP contribution in [0.2, 0.25) is 0 Å². The van der Waals surface area contributed by atoms with Crippen molar-refractivity contribution in [3.63, 3.8) is 0 Å². The standard InChI is InChI=1S/C9H13NO3S/c1-2-14(12,13)9-7(6-11)4-3-5-8(9)10/h3-5,11H,2,6,10H2,1H3. The number of benzene rings is 1. The van der Waals surface area contributed by atoms with Crippen LogP contribution in [0.4, 0.5) is 5.69 Å². The zero-order chi connectivity index (χ0) is 10.8. The van der Waals surface area contributed by atoms with E-state index in [1.165, 1.54) is 6.07 Å². The fourth-order valence-corrected chi connectivity index (χ4v) is 2.50. The van der Waals surface area contributed by atoms with Crippen LogP contribution in [-0.2, 0) is 16.4 Å². The van der Waals surface area contributed by atoms with Crippen LogP contribution >= 0.6 is 0 Å². The molecule has 0 bridgehead atoms. The van der Waals surface area contributed by atoms with E-state index in [-0.39, 0.29) is 22.9 Å². The van der Waals surface area contributed by atoms with Crippen LogP contribution < -0.4 is 5.73 Å². The second-order valence-electron chi connectivity index (χ2n) is 2.90. The molecule has 0 radical (unpaired) electrons. The molecule has 0 spiro atoms. The number of nitrogens with two attached hydrogens (primary N) is 1. The second kappa shape index (κ2) is 3.98. The third-order valence-corrected chi connectivity index (χ3v) is 3.87. The third-order valence-electron chi connectivity index (χ3n) is 1.99. The predicted molar refractivity (Wildman–Crippen MR) is 54.5 cm³/mol. The van der Waals surface area contributed by atoms with Crippen LogP contribution in [0.3, 0.4) is 0 Å². The highest BCUT2D eigenvalue weighted by atomic mass is 32.2. The van der Waals surface area contributed by atoms with Crippen molar-refractivity contribution in [1.82, 2.24) is 0 Å². The fraction of sp³-hybridized carbons (Fsp3) is 0.333. The monoisotopic (exact) mass is 215 g/mol. The summed E-state index contributed by atoms with van der Waals surface area (Å²) in [5, 5.41) is 8.98. The molecule has 1 rings (SSSR count). The van der Waals surface area contributed by atoms with Gasteiger partial charge in [-0.1, -0.05) is 19.1 Å². The maximum atomic E-state index is 11.6. The molecular weight excluding hydrogens is 202 g/mol. The van der Waals surface area contributed by atoms with Gasteiger partial charge in [-0.2, -0.15) is 0 Å². The molecule has 0 saturated carbocycles. The summed E-state index contributed by atoms with van der Waals surface area (Å²) in [6, 6.07) is 4.69. The number of sulfone groups is 1. The van der Waals surface area contributed by atoms with Gasteiger partial charge in [-0.15, -0.1) is 0 Å². The van der Waals surface area contributed by atoms with E-state index in [9.17, 15) is 8.42 Å². The van der Waals surface area contributed by atoms with E-state index in [2.05, 4.69) is 0 Å². The van der Waals surface area contributed by atoms with Gasteiger partial charge in [0.15, 0.2) is 9.84 Å². The molecule has 78 valence electrons. The number of hydrogen-bond acceptors (Lipinski definition) is 4. The van der Waals surface area contributed by atoms with Gasteiger partial charge < -0.3 is 10.8 Å². The molecule has 5 heteroatoms. The van der Waals surface area contributed by atoms with Crippen molar-refractivity contribution in [3.05, 3.63) is 23.8 Å². The Morgan fingerprint density at radius 3 is 2.57 bits per heavy atom. The summed E-state index contributed by atoms with van der Waals surface area (Å²) in [6.45, 7) is 1.22. The van der Waals surface area contributed by atoms with Crippen molar-refractivity contribution in [3.8, 4) is 0 Å². The average Bonchev–Trinajstić information content (AvgIpc) is 2.17. The van der Waals surface area contributed by atoms with Crippen molar-refractivity contribution in [2.75, 3.05) is 11.5 Å². The number of aliphatic hydroxyl groups is 1. The van der Waals surface area contributed by atoms with Crippen molar-refractivity contribution in [2.24, 2.45) is 0 Å². The Morgan fingerprint density at radius 1 is 1.43 bits per heavy atom. The molecule has 0 saturated heterocycles. The summed E-state index contributed by atoms with van der Waals surface area (Å²) in [5.74, 6) is -0.0196. The molecule has 0 unspecified atom stereocenters. The van der Waals surface area contributed by atoms with Gasteiger partial charge in [-0.3, -0.25) is 0 Å². The molecule has 0 heterocycles. The summed E-state index contributed by atoms with van der Waals surface area (Å²) in [4.78, 5) is 0.0602. The van der Waals surface area contributed by atoms with Crippen molar-refractivity contribution in [1.29, 1.82) is 0 Å². The summed E-state index contributed by atoms with van der Waals surface area (Å²) >= 11 is 0. The molecule has 4 nitrogen and oxygen atoms in total. The quantitative estimate of drug-likeness (QED) is 0.722. The van der Waals surface area contributed by atoms with E-state index in [0.717, 1.165) is 0 Å². The molecule has 0 atom stereocenters. The van der Waals surface area contributed by atoms with E-state index in [0.29, 0.717) is 5.56 Å². The SMILES string of the molecule is CCS(=O)(=O)c1c(N)cccc1CO. The largest absolute Gasteiger partial charge is 0.398 e. The number of aliphatic hydroxyl groups excluding tert-OH is 1. The molecule has 1 aromatic rings. The van der Waals surface area contributed by atoms with Gasteiger partial charge in [0, 0.05) is 0 Å². The van der Waals surface area contributed by atoms with Crippen LogP contribution in [0.15, 0.2) is 23.1 Å². The first kappa shape index (κ1) is 11.0. The Hall–Kier alpha value is -1.07. The van der Waals surface area contributed by atoms with Crippen LogP contribution in [0, 0.1) is 0 Å². The van der Waals surface area contributed by atoms with Gasteiger partial charge in [-0.25, -0.2) is 8.42 Å². The van der Waals surface area contributed by atoms with Crippen LogP contribution in [0.25, 0.3) is 0 Å². The lowest BCUT2D eigenvalue weighted by Crippen LogP contribution is -2.10. The summed E-state index contributed by atoms with van der Waals surface area (Å²) < 4.78 is 23.2. The minimum absolute atomic E-state index is 0.0196. The minimum atomic E-state index is -3.36. The molecule has 1 aromatic carbocycles. The van der Waals surface area contributed by atoms with E-state index < -0.39 is 9.84 Å². The minimum Gasteiger partial charge on any atom is -0.398 e. The Labute approximate surface area is 83.3 Å². The zero-order valence-electron chi connectivity index (χ0n) is 7.90. The highest BCUT2D eigenvalue weighted by molar-refractivity contribution is 7.91. The topological polar surface area (TPSA) is 80.4 Å². The van der Waals surface area contributed by atoms with E-state index in [1.807, 2.05) is 0 Å². The Morgan fingerprint density at radius 2 is 2.07 bits per heavy atom. The molecule has 14 heavy (non-hydrogen) atoms. The summed E-state index contributed by atoms with van der Waals surface area (Å²) in [5.41, 5.74) is 6.11.